The van der Waals surface area contributed by atoms with Crippen LogP contribution in [0.2, 0.25) is 5.02 Å². The maximum absolute atomic E-state index is 6.10. The Morgan fingerprint density at radius 2 is 2.40 bits per heavy atom. The first-order valence-electron chi connectivity index (χ1n) is 5.06. The van der Waals surface area contributed by atoms with Crippen molar-refractivity contribution in [3.63, 3.8) is 0 Å². The van der Waals surface area contributed by atoms with Gasteiger partial charge in [-0.2, -0.15) is 0 Å². The molecule has 0 bridgehead atoms. The van der Waals surface area contributed by atoms with E-state index in [0.717, 1.165) is 30.4 Å². The summed E-state index contributed by atoms with van der Waals surface area (Å²) in [6.07, 6.45) is 2.88. The van der Waals surface area contributed by atoms with Crippen molar-refractivity contribution >= 4 is 29.0 Å². The molecule has 0 spiro atoms. The second-order valence-corrected chi connectivity index (χ2v) is 5.10. The van der Waals surface area contributed by atoms with Crippen LogP contribution in [0.1, 0.15) is 13.3 Å². The highest BCUT2D eigenvalue weighted by Gasteiger charge is 2.34. The van der Waals surface area contributed by atoms with Crippen LogP contribution in [0.15, 0.2) is 18.3 Å². The van der Waals surface area contributed by atoms with Gasteiger partial charge in [0.05, 0.1) is 5.02 Å². The molecule has 2 rings (SSSR count). The predicted molar refractivity (Wildman–Crippen MR) is 64.9 cm³/mol. The Morgan fingerprint density at radius 3 is 3.00 bits per heavy atom. The predicted octanol–water partition coefficient (Wildman–Crippen LogP) is 3.19. The van der Waals surface area contributed by atoms with Gasteiger partial charge in [-0.1, -0.05) is 18.5 Å². The average molecular weight is 245 g/mol. The Kier molecular flexibility index (Phi) is 3.08. The number of hydrogen-bond donors (Lipinski definition) is 0. The molecule has 2 nitrogen and oxygen atoms in total. The van der Waals surface area contributed by atoms with Crippen molar-refractivity contribution in [3.8, 4) is 0 Å². The van der Waals surface area contributed by atoms with Crippen LogP contribution < -0.4 is 4.90 Å². The highest BCUT2D eigenvalue weighted by atomic mass is 35.5. The van der Waals surface area contributed by atoms with Crippen molar-refractivity contribution in [2.75, 3.05) is 23.9 Å². The van der Waals surface area contributed by atoms with Crippen LogP contribution in [-0.2, 0) is 0 Å². The normalized spacial score (nSPS) is 25.9. The minimum absolute atomic E-state index is 0.197. The molecule has 4 heteroatoms. The second-order valence-electron chi connectivity index (χ2n) is 4.42. The lowest BCUT2D eigenvalue weighted by atomic mass is 9.93. The van der Waals surface area contributed by atoms with Crippen molar-refractivity contribution in [2.24, 2.45) is 5.41 Å². The first-order valence-corrected chi connectivity index (χ1v) is 5.97. The molecule has 1 aliphatic rings. The van der Waals surface area contributed by atoms with E-state index >= 15 is 0 Å². The number of aromatic nitrogens is 1. The third kappa shape index (κ3) is 2.21. The number of nitrogens with zero attached hydrogens (tertiary/aromatic N) is 2. The maximum atomic E-state index is 6.10. The van der Waals surface area contributed by atoms with Gasteiger partial charge in [-0.25, -0.2) is 4.98 Å². The molecule has 1 atom stereocenters. The molecule has 1 aliphatic heterocycles. The minimum atomic E-state index is 0.197. The largest absolute Gasteiger partial charge is 0.355 e. The van der Waals surface area contributed by atoms with Crippen molar-refractivity contribution < 1.29 is 0 Å². The monoisotopic (exact) mass is 244 g/mol. The topological polar surface area (TPSA) is 16.1 Å². The molecule has 0 aliphatic carbocycles. The fraction of sp³-hybridized carbons (Fsp3) is 0.545. The summed E-state index contributed by atoms with van der Waals surface area (Å²) >= 11 is 12.1. The summed E-state index contributed by atoms with van der Waals surface area (Å²) in [6.45, 7) is 4.13. The van der Waals surface area contributed by atoms with Crippen LogP contribution in [0.4, 0.5) is 5.82 Å². The molecule has 1 aromatic rings. The average Bonchev–Trinajstić information content (AvgIpc) is 2.63. The van der Waals surface area contributed by atoms with E-state index in [-0.39, 0.29) is 5.41 Å². The number of alkyl halides is 1. The van der Waals surface area contributed by atoms with Crippen molar-refractivity contribution in [1.82, 2.24) is 4.98 Å². The van der Waals surface area contributed by atoms with Crippen molar-refractivity contribution in [2.45, 2.75) is 13.3 Å². The zero-order valence-corrected chi connectivity index (χ0v) is 10.2. The number of pyridine rings is 1. The van der Waals surface area contributed by atoms with E-state index in [9.17, 15) is 0 Å². The number of halogens is 2. The molecule has 0 N–H and O–H groups in total. The lowest BCUT2D eigenvalue weighted by Crippen LogP contribution is -2.26. The van der Waals surface area contributed by atoms with Crippen LogP contribution in [0, 0.1) is 5.41 Å². The summed E-state index contributed by atoms with van der Waals surface area (Å²) in [4.78, 5) is 6.52. The van der Waals surface area contributed by atoms with Gasteiger partial charge in [-0.15, -0.1) is 11.6 Å². The Balaban J connectivity index is 2.18. The summed E-state index contributed by atoms with van der Waals surface area (Å²) in [5.41, 5.74) is 0.197. The maximum Gasteiger partial charge on any atom is 0.147 e. The Bertz CT molecular complexity index is 356. The third-order valence-corrected chi connectivity index (χ3v) is 3.86. The van der Waals surface area contributed by atoms with E-state index in [1.54, 1.807) is 6.20 Å². The Hall–Kier alpha value is -0.470. The van der Waals surface area contributed by atoms with Crippen LogP contribution in [0.25, 0.3) is 0 Å². The third-order valence-electron chi connectivity index (χ3n) is 2.92. The highest BCUT2D eigenvalue weighted by molar-refractivity contribution is 6.32. The molecular weight excluding hydrogens is 231 g/mol. The van der Waals surface area contributed by atoms with Crippen LogP contribution in [0.5, 0.6) is 0 Å². The molecule has 0 amide bonds. The number of hydrogen-bond acceptors (Lipinski definition) is 2. The summed E-state index contributed by atoms with van der Waals surface area (Å²) in [6, 6.07) is 3.73. The van der Waals surface area contributed by atoms with Crippen molar-refractivity contribution in [3.05, 3.63) is 23.4 Å². The van der Waals surface area contributed by atoms with Gasteiger partial charge in [0.2, 0.25) is 0 Å². The molecule has 1 fully saturated rings. The molecule has 2 heterocycles. The van der Waals surface area contributed by atoms with E-state index < -0.39 is 0 Å². The van der Waals surface area contributed by atoms with Gasteiger partial charge < -0.3 is 4.90 Å². The first kappa shape index (κ1) is 11.0. The molecule has 82 valence electrons. The number of anilines is 1. The molecule has 0 aromatic carbocycles. The van der Waals surface area contributed by atoms with E-state index in [1.165, 1.54) is 0 Å². The fourth-order valence-electron chi connectivity index (χ4n) is 1.92. The van der Waals surface area contributed by atoms with Crippen molar-refractivity contribution in [1.29, 1.82) is 0 Å². The Labute approximate surface area is 100 Å². The zero-order valence-electron chi connectivity index (χ0n) is 8.71. The lowest BCUT2D eigenvalue weighted by molar-refractivity contribution is 0.425. The van der Waals surface area contributed by atoms with Gasteiger partial charge in [0.25, 0.3) is 0 Å². The van der Waals surface area contributed by atoms with E-state index in [1.807, 2.05) is 12.1 Å². The van der Waals surface area contributed by atoms with Gasteiger partial charge in [0.15, 0.2) is 0 Å². The van der Waals surface area contributed by atoms with Gasteiger partial charge in [0, 0.05) is 30.6 Å². The fourth-order valence-corrected chi connectivity index (χ4v) is 2.38. The molecule has 0 saturated carbocycles. The van der Waals surface area contributed by atoms with E-state index in [4.69, 9.17) is 23.2 Å². The molecular formula is C11H14Cl2N2. The van der Waals surface area contributed by atoms with Crippen LogP contribution in [0.3, 0.4) is 0 Å². The second kappa shape index (κ2) is 4.18. The molecule has 1 saturated heterocycles. The summed E-state index contributed by atoms with van der Waals surface area (Å²) < 4.78 is 0. The van der Waals surface area contributed by atoms with Gasteiger partial charge in [0.1, 0.15) is 5.82 Å². The number of rotatable bonds is 2. The summed E-state index contributed by atoms with van der Waals surface area (Å²) in [5.74, 6) is 1.57. The first-order chi connectivity index (χ1) is 7.14. The summed E-state index contributed by atoms with van der Waals surface area (Å²) in [7, 11) is 0. The molecule has 1 unspecified atom stereocenters. The van der Waals surface area contributed by atoms with E-state index in [2.05, 4.69) is 16.8 Å². The van der Waals surface area contributed by atoms with Crippen LogP contribution in [-0.4, -0.2) is 24.0 Å². The smallest absolute Gasteiger partial charge is 0.147 e. The lowest BCUT2D eigenvalue weighted by Gasteiger charge is -2.22. The van der Waals surface area contributed by atoms with Gasteiger partial charge >= 0.3 is 0 Å². The van der Waals surface area contributed by atoms with E-state index in [0.29, 0.717) is 5.88 Å². The molecule has 15 heavy (non-hydrogen) atoms. The standard InChI is InChI=1S/C11H14Cl2N2/c1-11(7-12)4-6-15(8-11)10-9(13)3-2-5-14-10/h2-3,5H,4,6-8H2,1H3. The molecule has 1 aromatic heterocycles. The van der Waals surface area contributed by atoms with Gasteiger partial charge in [-0.3, -0.25) is 0 Å². The quantitative estimate of drug-likeness (QED) is 0.744. The highest BCUT2D eigenvalue weighted by Crippen LogP contribution is 2.35. The SMILES string of the molecule is CC1(CCl)CCN(c2ncccc2Cl)C1. The molecule has 0 radical (unpaired) electrons. The Morgan fingerprint density at radius 1 is 1.60 bits per heavy atom. The zero-order chi connectivity index (χ0) is 10.9. The van der Waals surface area contributed by atoms with Gasteiger partial charge in [-0.05, 0) is 18.6 Å². The minimum Gasteiger partial charge on any atom is -0.355 e. The summed E-state index contributed by atoms with van der Waals surface area (Å²) in [5, 5.41) is 0.719. The van der Waals surface area contributed by atoms with Crippen LogP contribution >= 0.6 is 23.2 Å².